The van der Waals surface area contributed by atoms with E-state index < -0.39 is 0 Å². The van der Waals surface area contributed by atoms with Gasteiger partial charge in [0.15, 0.2) is 0 Å². The highest BCUT2D eigenvalue weighted by Gasteiger charge is 2.26. The van der Waals surface area contributed by atoms with Crippen molar-refractivity contribution < 1.29 is 4.74 Å². The Kier molecular flexibility index (Phi) is 7.01. The van der Waals surface area contributed by atoms with Crippen LogP contribution in [-0.2, 0) is 4.74 Å². The molecule has 0 saturated carbocycles. The van der Waals surface area contributed by atoms with Gasteiger partial charge in [0.1, 0.15) is 0 Å². The Morgan fingerprint density at radius 1 is 1.38 bits per heavy atom. The first kappa shape index (κ1) is 13.9. The van der Waals surface area contributed by atoms with E-state index in [1.165, 1.54) is 38.5 Å². The molecule has 0 aromatic rings. The van der Waals surface area contributed by atoms with Crippen molar-refractivity contribution in [1.82, 2.24) is 4.90 Å². The van der Waals surface area contributed by atoms with Crippen LogP contribution in [0, 0.1) is 0 Å². The SMILES string of the molecule is CCCCCCC(CN)N1CCC(OC)C1. The molecule has 0 bridgehead atoms. The molecule has 0 aromatic heterocycles. The molecular weight excluding hydrogens is 200 g/mol. The van der Waals surface area contributed by atoms with E-state index in [9.17, 15) is 0 Å². The van der Waals surface area contributed by atoms with Crippen LogP contribution < -0.4 is 5.73 Å². The van der Waals surface area contributed by atoms with Crippen LogP contribution in [0.1, 0.15) is 45.4 Å². The van der Waals surface area contributed by atoms with Crippen molar-refractivity contribution in [3.63, 3.8) is 0 Å². The molecule has 0 amide bonds. The number of nitrogens with zero attached hydrogens (tertiary/aromatic N) is 1. The molecule has 3 heteroatoms. The Morgan fingerprint density at radius 3 is 2.75 bits per heavy atom. The summed E-state index contributed by atoms with van der Waals surface area (Å²) < 4.78 is 5.40. The molecule has 1 rings (SSSR count). The fourth-order valence-corrected chi connectivity index (χ4v) is 2.53. The van der Waals surface area contributed by atoms with Crippen molar-refractivity contribution in [3.8, 4) is 0 Å². The topological polar surface area (TPSA) is 38.5 Å². The van der Waals surface area contributed by atoms with E-state index in [2.05, 4.69) is 11.8 Å². The maximum Gasteiger partial charge on any atom is 0.0710 e. The number of hydrogen-bond acceptors (Lipinski definition) is 3. The molecule has 2 N–H and O–H groups in total. The molecule has 1 saturated heterocycles. The van der Waals surface area contributed by atoms with Crippen LogP contribution in [0.2, 0.25) is 0 Å². The summed E-state index contributed by atoms with van der Waals surface area (Å²) in [5.74, 6) is 0. The van der Waals surface area contributed by atoms with Crippen molar-refractivity contribution in [2.24, 2.45) is 5.73 Å². The van der Waals surface area contributed by atoms with Gasteiger partial charge >= 0.3 is 0 Å². The van der Waals surface area contributed by atoms with Gasteiger partial charge in [-0.05, 0) is 12.8 Å². The van der Waals surface area contributed by atoms with Crippen LogP contribution in [-0.4, -0.2) is 43.8 Å². The summed E-state index contributed by atoms with van der Waals surface area (Å²) in [5.41, 5.74) is 5.87. The van der Waals surface area contributed by atoms with Gasteiger partial charge in [0, 0.05) is 32.8 Å². The van der Waals surface area contributed by atoms with Gasteiger partial charge in [-0.3, -0.25) is 4.90 Å². The van der Waals surface area contributed by atoms with Gasteiger partial charge in [-0.15, -0.1) is 0 Å². The average Bonchev–Trinajstić information content (AvgIpc) is 2.78. The molecule has 2 atom stereocenters. The van der Waals surface area contributed by atoms with Crippen LogP contribution in [0.4, 0.5) is 0 Å². The predicted octanol–water partition coefficient (Wildman–Crippen LogP) is 2.00. The molecular formula is C13H28N2O. The van der Waals surface area contributed by atoms with Crippen molar-refractivity contribution in [1.29, 1.82) is 0 Å². The third-order valence-electron chi connectivity index (χ3n) is 3.69. The maximum absolute atomic E-state index is 5.87. The van der Waals surface area contributed by atoms with Crippen LogP contribution in [0.3, 0.4) is 0 Å². The van der Waals surface area contributed by atoms with Gasteiger partial charge < -0.3 is 10.5 Å². The Balaban J connectivity index is 2.20. The minimum Gasteiger partial charge on any atom is -0.380 e. The highest BCUT2D eigenvalue weighted by Crippen LogP contribution is 2.18. The molecule has 0 radical (unpaired) electrons. The molecule has 2 unspecified atom stereocenters. The molecule has 1 fully saturated rings. The standard InChI is InChI=1S/C13H28N2O/c1-3-4-5-6-7-12(10-14)15-9-8-13(11-15)16-2/h12-13H,3-11,14H2,1-2H3. The Labute approximate surface area is 100 Å². The number of ether oxygens (including phenoxy) is 1. The largest absolute Gasteiger partial charge is 0.380 e. The van der Waals surface area contributed by atoms with E-state index in [4.69, 9.17) is 10.5 Å². The summed E-state index contributed by atoms with van der Waals surface area (Å²) in [6.07, 6.45) is 8.21. The Hall–Kier alpha value is -0.120. The van der Waals surface area contributed by atoms with E-state index in [1.54, 1.807) is 0 Å². The van der Waals surface area contributed by atoms with Crippen molar-refractivity contribution in [2.75, 3.05) is 26.7 Å². The predicted molar refractivity (Wildman–Crippen MR) is 68.6 cm³/mol. The lowest BCUT2D eigenvalue weighted by atomic mass is 10.1. The van der Waals surface area contributed by atoms with E-state index in [0.717, 1.165) is 19.6 Å². The molecule has 96 valence electrons. The number of likely N-dealkylation sites (tertiary alicyclic amines) is 1. The van der Waals surface area contributed by atoms with Crippen LogP contribution in [0.25, 0.3) is 0 Å². The zero-order chi connectivity index (χ0) is 11.8. The minimum absolute atomic E-state index is 0.435. The fraction of sp³-hybridized carbons (Fsp3) is 1.00. The van der Waals surface area contributed by atoms with Gasteiger partial charge in [-0.1, -0.05) is 32.6 Å². The third kappa shape index (κ3) is 4.40. The molecule has 0 spiro atoms. The van der Waals surface area contributed by atoms with Gasteiger partial charge in [-0.25, -0.2) is 0 Å². The second-order valence-corrected chi connectivity index (χ2v) is 4.88. The second kappa shape index (κ2) is 8.04. The maximum atomic E-state index is 5.87. The summed E-state index contributed by atoms with van der Waals surface area (Å²) in [6.45, 7) is 5.28. The van der Waals surface area contributed by atoms with Gasteiger partial charge in [0.05, 0.1) is 6.10 Å². The molecule has 3 nitrogen and oxygen atoms in total. The number of nitrogens with two attached hydrogens (primary N) is 1. The smallest absolute Gasteiger partial charge is 0.0710 e. The second-order valence-electron chi connectivity index (χ2n) is 4.88. The summed E-state index contributed by atoms with van der Waals surface area (Å²) in [7, 11) is 1.81. The van der Waals surface area contributed by atoms with Crippen LogP contribution in [0.15, 0.2) is 0 Å². The third-order valence-corrected chi connectivity index (χ3v) is 3.69. The first-order chi connectivity index (χ1) is 7.81. The normalized spacial score (nSPS) is 23.8. The van der Waals surface area contributed by atoms with Gasteiger partial charge in [-0.2, -0.15) is 0 Å². The fourth-order valence-electron chi connectivity index (χ4n) is 2.53. The number of rotatable bonds is 8. The zero-order valence-electron chi connectivity index (χ0n) is 11.0. The summed E-state index contributed by atoms with van der Waals surface area (Å²) in [6, 6.07) is 0.581. The molecule has 0 aromatic carbocycles. The lowest BCUT2D eigenvalue weighted by Crippen LogP contribution is -2.39. The molecule has 1 aliphatic rings. The summed E-state index contributed by atoms with van der Waals surface area (Å²) in [4.78, 5) is 2.51. The lowest BCUT2D eigenvalue weighted by Gasteiger charge is -2.26. The van der Waals surface area contributed by atoms with E-state index in [0.29, 0.717) is 12.1 Å². The lowest BCUT2D eigenvalue weighted by molar-refractivity contribution is 0.100. The van der Waals surface area contributed by atoms with Crippen molar-refractivity contribution in [3.05, 3.63) is 0 Å². The first-order valence-corrected chi connectivity index (χ1v) is 6.78. The van der Waals surface area contributed by atoms with Gasteiger partial charge in [0.2, 0.25) is 0 Å². The van der Waals surface area contributed by atoms with Crippen LogP contribution >= 0.6 is 0 Å². The molecule has 0 aliphatic carbocycles. The van der Waals surface area contributed by atoms with E-state index >= 15 is 0 Å². The van der Waals surface area contributed by atoms with E-state index in [1.807, 2.05) is 7.11 Å². The van der Waals surface area contributed by atoms with Gasteiger partial charge in [0.25, 0.3) is 0 Å². The van der Waals surface area contributed by atoms with E-state index in [-0.39, 0.29) is 0 Å². The Bertz CT molecular complexity index is 175. The summed E-state index contributed by atoms with van der Waals surface area (Å²) >= 11 is 0. The zero-order valence-corrected chi connectivity index (χ0v) is 11.0. The summed E-state index contributed by atoms with van der Waals surface area (Å²) in [5, 5.41) is 0. The quantitative estimate of drug-likeness (QED) is 0.646. The van der Waals surface area contributed by atoms with Crippen LogP contribution in [0.5, 0.6) is 0 Å². The molecule has 1 heterocycles. The number of hydrogen-bond donors (Lipinski definition) is 1. The number of unbranched alkanes of at least 4 members (excludes halogenated alkanes) is 3. The van der Waals surface area contributed by atoms with Crippen molar-refractivity contribution in [2.45, 2.75) is 57.6 Å². The molecule has 1 aliphatic heterocycles. The first-order valence-electron chi connectivity index (χ1n) is 6.78. The minimum atomic E-state index is 0.435. The highest BCUT2D eigenvalue weighted by atomic mass is 16.5. The molecule has 16 heavy (non-hydrogen) atoms. The van der Waals surface area contributed by atoms with Crippen molar-refractivity contribution >= 4 is 0 Å². The monoisotopic (exact) mass is 228 g/mol. The number of methoxy groups -OCH3 is 1. The average molecular weight is 228 g/mol. The Morgan fingerprint density at radius 2 is 2.19 bits per heavy atom. The highest BCUT2D eigenvalue weighted by molar-refractivity contribution is 4.82.